The lowest BCUT2D eigenvalue weighted by Crippen LogP contribution is -2.60. The Hall–Kier alpha value is -4.48. The van der Waals surface area contributed by atoms with Crippen LogP contribution in [0.25, 0.3) is 33.7 Å². The summed E-state index contributed by atoms with van der Waals surface area (Å²) in [5.41, 5.74) is 5.50. The third kappa shape index (κ3) is 4.31. The number of oxazole rings is 1. The number of hydrogen-bond acceptors (Lipinski definition) is 5. The minimum atomic E-state index is -4.56. The summed E-state index contributed by atoms with van der Waals surface area (Å²) < 4.78 is 46.2. The van der Waals surface area contributed by atoms with E-state index in [0.717, 1.165) is 11.8 Å². The molecule has 0 saturated carbocycles. The molecule has 1 fully saturated rings. The van der Waals surface area contributed by atoms with Crippen LogP contribution < -0.4 is 10.6 Å². The zero-order chi connectivity index (χ0) is 27.4. The molecular weight excluding hydrogens is 503 g/mol. The van der Waals surface area contributed by atoms with Gasteiger partial charge in [-0.05, 0) is 56.3 Å². The number of rotatable bonds is 4. The van der Waals surface area contributed by atoms with Crippen molar-refractivity contribution in [3.8, 4) is 22.8 Å². The third-order valence-corrected chi connectivity index (χ3v) is 6.75. The second-order valence-corrected chi connectivity index (χ2v) is 9.70. The maximum Gasteiger partial charge on any atom is 0.418 e. The Morgan fingerprint density at radius 1 is 1.11 bits per heavy atom. The van der Waals surface area contributed by atoms with Gasteiger partial charge in [0, 0.05) is 48.0 Å². The number of anilines is 1. The second-order valence-electron chi connectivity index (χ2n) is 9.70. The van der Waals surface area contributed by atoms with Gasteiger partial charge in [-0.15, -0.1) is 0 Å². The number of carboxylic acid groups (broad SMARTS) is 1. The van der Waals surface area contributed by atoms with Gasteiger partial charge in [-0.2, -0.15) is 13.2 Å². The topological polar surface area (TPSA) is 129 Å². The molecule has 0 radical (unpaired) electrons. The van der Waals surface area contributed by atoms with E-state index in [2.05, 4.69) is 14.9 Å². The van der Waals surface area contributed by atoms with Crippen molar-refractivity contribution in [1.82, 2.24) is 14.9 Å². The van der Waals surface area contributed by atoms with Gasteiger partial charge in [0.05, 0.1) is 16.6 Å². The highest BCUT2D eigenvalue weighted by Crippen LogP contribution is 2.39. The van der Waals surface area contributed by atoms with Gasteiger partial charge >= 0.3 is 12.3 Å². The molecule has 198 valence electrons. The number of nitrogens with two attached hydrogens (primary N) is 1. The Labute approximate surface area is 214 Å². The number of hydrogen-bond donors (Lipinski definition) is 3. The van der Waals surface area contributed by atoms with Crippen molar-refractivity contribution in [2.75, 3.05) is 24.5 Å². The van der Waals surface area contributed by atoms with Gasteiger partial charge in [0.1, 0.15) is 0 Å². The first-order chi connectivity index (χ1) is 17.9. The van der Waals surface area contributed by atoms with Crippen LogP contribution in [-0.4, -0.2) is 57.1 Å². The van der Waals surface area contributed by atoms with Gasteiger partial charge in [0.25, 0.3) is 5.91 Å². The quantitative estimate of drug-likeness (QED) is 0.335. The molecule has 4 aromatic rings. The maximum absolute atomic E-state index is 13.4. The molecule has 0 spiro atoms. The summed E-state index contributed by atoms with van der Waals surface area (Å²) in [6.07, 6.45) is -4.13. The van der Waals surface area contributed by atoms with Gasteiger partial charge in [0.2, 0.25) is 5.89 Å². The minimum absolute atomic E-state index is 0.0391. The van der Waals surface area contributed by atoms with E-state index in [1.165, 1.54) is 23.2 Å². The second kappa shape index (κ2) is 8.82. The molecule has 1 saturated heterocycles. The molecule has 2 aromatic heterocycles. The number of halogens is 3. The van der Waals surface area contributed by atoms with E-state index < -0.39 is 29.3 Å². The molecule has 5 rings (SSSR count). The average Bonchev–Trinajstić information content (AvgIpc) is 3.50. The highest BCUT2D eigenvalue weighted by molar-refractivity contribution is 5.99. The van der Waals surface area contributed by atoms with Crippen molar-refractivity contribution < 1.29 is 32.3 Å². The van der Waals surface area contributed by atoms with Gasteiger partial charge in [0.15, 0.2) is 11.5 Å². The number of benzene rings is 2. The lowest BCUT2D eigenvalue weighted by Gasteiger charge is -2.46. The third-order valence-electron chi connectivity index (χ3n) is 6.75. The predicted molar refractivity (Wildman–Crippen MR) is 134 cm³/mol. The molecule has 12 heteroatoms. The Balaban J connectivity index is 1.49. The number of fused-ring (bicyclic) bond motifs is 1. The van der Waals surface area contributed by atoms with E-state index in [1.807, 2.05) is 26.0 Å². The standard InChI is InChI=1S/C26H24F3N5O4/c1-25(2)13-33(11-12-34(25)24(36)37)15-5-3-14(4-6-15)21-20(22(30)35)32-23(38-21)17-7-8-18(26(27,28)29)19-16(17)9-10-31-19/h3-10,31H,11-13H2,1-2H3,(H2,30,35)(H,36,37). The first-order valence-corrected chi connectivity index (χ1v) is 11.7. The van der Waals surface area contributed by atoms with Crippen molar-refractivity contribution >= 4 is 28.6 Å². The molecule has 2 aromatic carbocycles. The highest BCUT2D eigenvalue weighted by Gasteiger charge is 2.37. The molecule has 2 amide bonds. The molecule has 0 aliphatic carbocycles. The van der Waals surface area contributed by atoms with Crippen molar-refractivity contribution in [3.63, 3.8) is 0 Å². The first kappa shape index (κ1) is 25.2. The lowest BCUT2D eigenvalue weighted by atomic mass is 9.98. The molecule has 0 unspecified atom stereocenters. The number of carbonyl (C=O) groups excluding carboxylic acids is 1. The number of aromatic nitrogens is 2. The summed E-state index contributed by atoms with van der Waals surface area (Å²) in [6, 6.07) is 10.7. The van der Waals surface area contributed by atoms with Gasteiger partial charge in [-0.3, -0.25) is 9.69 Å². The fraction of sp³-hybridized carbons (Fsp3) is 0.269. The largest absolute Gasteiger partial charge is 0.465 e. The Morgan fingerprint density at radius 3 is 2.42 bits per heavy atom. The molecule has 9 nitrogen and oxygen atoms in total. The Morgan fingerprint density at radius 2 is 1.82 bits per heavy atom. The number of nitrogens with one attached hydrogen (secondary N) is 1. The van der Waals surface area contributed by atoms with E-state index >= 15 is 0 Å². The smallest absolute Gasteiger partial charge is 0.418 e. The normalized spacial score (nSPS) is 15.7. The summed E-state index contributed by atoms with van der Waals surface area (Å²) in [7, 11) is 0. The van der Waals surface area contributed by atoms with Crippen LogP contribution in [0.15, 0.2) is 53.1 Å². The summed E-state index contributed by atoms with van der Waals surface area (Å²) >= 11 is 0. The van der Waals surface area contributed by atoms with Crippen molar-refractivity contribution in [2.24, 2.45) is 5.73 Å². The zero-order valence-electron chi connectivity index (χ0n) is 20.5. The Kier molecular flexibility index (Phi) is 5.85. The van der Waals surface area contributed by atoms with Gasteiger partial charge in [-0.25, -0.2) is 9.78 Å². The van der Waals surface area contributed by atoms with E-state index in [9.17, 15) is 27.9 Å². The number of aromatic amines is 1. The molecule has 38 heavy (non-hydrogen) atoms. The van der Waals surface area contributed by atoms with Crippen molar-refractivity contribution in [2.45, 2.75) is 25.6 Å². The number of piperazine rings is 1. The van der Waals surface area contributed by atoms with Gasteiger partial charge in [-0.1, -0.05) is 0 Å². The van der Waals surface area contributed by atoms with Crippen LogP contribution in [0, 0.1) is 0 Å². The van der Waals surface area contributed by atoms with E-state index in [4.69, 9.17) is 10.2 Å². The number of alkyl halides is 3. The first-order valence-electron chi connectivity index (χ1n) is 11.7. The molecule has 4 N–H and O–H groups in total. The van der Waals surface area contributed by atoms with Crippen LogP contribution >= 0.6 is 0 Å². The molecule has 0 atom stereocenters. The summed E-state index contributed by atoms with van der Waals surface area (Å²) in [5, 5.41) is 9.68. The van der Waals surface area contributed by atoms with Crippen LogP contribution in [-0.2, 0) is 6.18 Å². The van der Waals surface area contributed by atoms with E-state index in [0.29, 0.717) is 25.2 Å². The molecule has 1 aliphatic rings. The van der Waals surface area contributed by atoms with E-state index in [-0.39, 0.29) is 33.8 Å². The fourth-order valence-electron chi connectivity index (χ4n) is 4.93. The number of H-pyrrole nitrogens is 1. The van der Waals surface area contributed by atoms with E-state index in [1.54, 1.807) is 12.1 Å². The summed E-state index contributed by atoms with van der Waals surface area (Å²) in [4.78, 5) is 34.0. The van der Waals surface area contributed by atoms with Crippen LogP contribution in [0.4, 0.5) is 23.7 Å². The van der Waals surface area contributed by atoms with Crippen molar-refractivity contribution in [1.29, 1.82) is 0 Å². The van der Waals surface area contributed by atoms with Crippen LogP contribution in [0.1, 0.15) is 29.9 Å². The maximum atomic E-state index is 13.4. The number of primary amides is 1. The molecule has 1 aliphatic heterocycles. The van der Waals surface area contributed by atoms with Crippen LogP contribution in [0.5, 0.6) is 0 Å². The monoisotopic (exact) mass is 527 g/mol. The molecular formula is C26H24F3N5O4. The molecule has 3 heterocycles. The number of nitrogens with zero attached hydrogens (tertiary/aromatic N) is 3. The predicted octanol–water partition coefficient (Wildman–Crippen LogP) is 5.19. The fourth-order valence-corrected chi connectivity index (χ4v) is 4.93. The average molecular weight is 528 g/mol. The zero-order valence-corrected chi connectivity index (χ0v) is 20.5. The van der Waals surface area contributed by atoms with Crippen LogP contribution in [0.2, 0.25) is 0 Å². The van der Waals surface area contributed by atoms with Crippen LogP contribution in [0.3, 0.4) is 0 Å². The minimum Gasteiger partial charge on any atom is -0.465 e. The lowest BCUT2D eigenvalue weighted by molar-refractivity contribution is -0.136. The number of amides is 2. The SMILES string of the molecule is CC1(C)CN(c2ccc(-c3oc(-c4ccc(C(F)(F)F)c5[nH]ccc45)nc3C(N)=O)cc2)CCN1C(=O)O. The number of carbonyl (C=O) groups is 2. The summed E-state index contributed by atoms with van der Waals surface area (Å²) in [5.74, 6) is -0.788. The highest BCUT2D eigenvalue weighted by atomic mass is 19.4. The summed E-state index contributed by atoms with van der Waals surface area (Å²) in [6.45, 7) is 5.06. The van der Waals surface area contributed by atoms with Gasteiger partial charge < -0.3 is 25.1 Å². The molecule has 0 bridgehead atoms. The Bertz CT molecular complexity index is 1540. The van der Waals surface area contributed by atoms with Crippen molar-refractivity contribution in [3.05, 3.63) is 59.9 Å².